The van der Waals surface area contributed by atoms with E-state index in [2.05, 4.69) is 20.5 Å². The molecule has 3 rings (SSSR count). The summed E-state index contributed by atoms with van der Waals surface area (Å²) in [6, 6.07) is 12.6. The summed E-state index contributed by atoms with van der Waals surface area (Å²) in [5.41, 5.74) is 9.00. The summed E-state index contributed by atoms with van der Waals surface area (Å²) in [5, 5.41) is 9.57. The van der Waals surface area contributed by atoms with Crippen molar-refractivity contribution in [2.24, 2.45) is 0 Å². The van der Waals surface area contributed by atoms with Crippen LogP contribution in [0.15, 0.2) is 54.9 Å². The summed E-state index contributed by atoms with van der Waals surface area (Å²) >= 11 is 0. The number of nitrogens with two attached hydrogens (primary N) is 1. The first kappa shape index (κ1) is 12.9. The Morgan fingerprint density at radius 3 is 2.52 bits per heavy atom. The first-order chi connectivity index (χ1) is 10.2. The van der Waals surface area contributed by atoms with Gasteiger partial charge in [-0.3, -0.25) is 9.89 Å². The fraction of sp³-hybridized carbons (Fsp3) is 0. The van der Waals surface area contributed by atoms with E-state index in [-0.39, 0.29) is 5.91 Å². The van der Waals surface area contributed by atoms with Gasteiger partial charge < -0.3 is 11.1 Å². The number of anilines is 2. The van der Waals surface area contributed by atoms with Gasteiger partial charge in [0, 0.05) is 11.9 Å². The van der Waals surface area contributed by atoms with E-state index in [1.807, 2.05) is 30.3 Å². The number of hydrogen-bond acceptors (Lipinski definition) is 4. The van der Waals surface area contributed by atoms with E-state index in [1.165, 1.54) is 6.20 Å². The first-order valence-electron chi connectivity index (χ1n) is 6.35. The van der Waals surface area contributed by atoms with Crippen LogP contribution in [0.2, 0.25) is 0 Å². The number of carbonyl (C=O) groups is 1. The molecule has 0 radical (unpaired) electrons. The molecule has 0 aliphatic carbocycles. The van der Waals surface area contributed by atoms with E-state index in [4.69, 9.17) is 5.73 Å². The monoisotopic (exact) mass is 279 g/mol. The molecule has 1 aromatic carbocycles. The van der Waals surface area contributed by atoms with Crippen molar-refractivity contribution in [3.8, 4) is 11.3 Å². The normalized spacial score (nSPS) is 10.3. The predicted octanol–water partition coefficient (Wildman–Crippen LogP) is 2.31. The number of amides is 1. The molecule has 0 aliphatic heterocycles. The van der Waals surface area contributed by atoms with Crippen LogP contribution in [-0.4, -0.2) is 21.1 Å². The minimum absolute atomic E-state index is 0.274. The number of rotatable bonds is 3. The molecule has 4 N–H and O–H groups in total. The molecule has 0 saturated heterocycles. The van der Waals surface area contributed by atoms with Crippen molar-refractivity contribution >= 4 is 17.3 Å². The van der Waals surface area contributed by atoms with Gasteiger partial charge >= 0.3 is 0 Å². The van der Waals surface area contributed by atoms with Crippen molar-refractivity contribution < 1.29 is 4.79 Å². The largest absolute Gasteiger partial charge is 0.397 e. The van der Waals surface area contributed by atoms with Crippen LogP contribution >= 0.6 is 0 Å². The number of nitrogen functional groups attached to an aromatic ring is 1. The standard InChI is InChI=1S/C15H13N5O/c16-11-3-6-14(17-9-11)15(21)19-12-4-1-10(2-5-12)13-7-8-18-20-13/h1-9H,16H2,(H,18,20)(H,19,21). The predicted molar refractivity (Wildman–Crippen MR) is 80.6 cm³/mol. The second-order valence-corrected chi connectivity index (χ2v) is 4.48. The van der Waals surface area contributed by atoms with Crippen molar-refractivity contribution in [2.45, 2.75) is 0 Å². The number of H-pyrrole nitrogens is 1. The summed E-state index contributed by atoms with van der Waals surface area (Å²) in [6.07, 6.45) is 3.15. The summed E-state index contributed by atoms with van der Waals surface area (Å²) in [5.74, 6) is -0.274. The third-order valence-corrected chi connectivity index (χ3v) is 2.97. The van der Waals surface area contributed by atoms with E-state index < -0.39 is 0 Å². The number of aromatic amines is 1. The summed E-state index contributed by atoms with van der Waals surface area (Å²) in [4.78, 5) is 16.0. The maximum Gasteiger partial charge on any atom is 0.274 e. The van der Waals surface area contributed by atoms with E-state index in [9.17, 15) is 4.79 Å². The average molecular weight is 279 g/mol. The molecule has 0 atom stereocenters. The van der Waals surface area contributed by atoms with Crippen LogP contribution in [0.3, 0.4) is 0 Å². The molecule has 3 aromatic rings. The minimum Gasteiger partial charge on any atom is -0.397 e. The molecule has 0 unspecified atom stereocenters. The van der Waals surface area contributed by atoms with Gasteiger partial charge in [-0.25, -0.2) is 4.98 Å². The zero-order chi connectivity index (χ0) is 14.7. The number of aromatic nitrogens is 3. The Bertz CT molecular complexity index is 733. The number of hydrogen-bond donors (Lipinski definition) is 3. The number of nitrogens with zero attached hydrogens (tertiary/aromatic N) is 2. The molecule has 2 aromatic heterocycles. The van der Waals surface area contributed by atoms with Gasteiger partial charge in [-0.1, -0.05) is 12.1 Å². The quantitative estimate of drug-likeness (QED) is 0.685. The van der Waals surface area contributed by atoms with Crippen LogP contribution in [-0.2, 0) is 0 Å². The van der Waals surface area contributed by atoms with E-state index >= 15 is 0 Å². The number of carbonyl (C=O) groups excluding carboxylic acids is 1. The van der Waals surface area contributed by atoms with Gasteiger partial charge in [0.05, 0.1) is 17.6 Å². The van der Waals surface area contributed by atoms with Crippen LogP contribution in [0.4, 0.5) is 11.4 Å². The highest BCUT2D eigenvalue weighted by atomic mass is 16.1. The zero-order valence-corrected chi connectivity index (χ0v) is 11.1. The fourth-order valence-electron chi connectivity index (χ4n) is 1.88. The SMILES string of the molecule is Nc1ccc(C(=O)Nc2ccc(-c3ccn[nH]3)cc2)nc1. The highest BCUT2D eigenvalue weighted by molar-refractivity contribution is 6.03. The van der Waals surface area contributed by atoms with Crippen molar-refractivity contribution in [3.63, 3.8) is 0 Å². The second-order valence-electron chi connectivity index (χ2n) is 4.48. The summed E-state index contributed by atoms with van der Waals surface area (Å²) < 4.78 is 0. The third kappa shape index (κ3) is 2.89. The van der Waals surface area contributed by atoms with Gasteiger partial charge in [0.2, 0.25) is 0 Å². The van der Waals surface area contributed by atoms with Crippen molar-refractivity contribution in [1.82, 2.24) is 15.2 Å². The molecule has 6 heteroatoms. The van der Waals surface area contributed by atoms with Crippen LogP contribution < -0.4 is 11.1 Å². The van der Waals surface area contributed by atoms with Gasteiger partial charge in [0.25, 0.3) is 5.91 Å². The zero-order valence-electron chi connectivity index (χ0n) is 11.1. The molecule has 21 heavy (non-hydrogen) atoms. The molecule has 0 fully saturated rings. The molecular formula is C15H13N5O. The Morgan fingerprint density at radius 1 is 1.10 bits per heavy atom. The number of nitrogens with one attached hydrogen (secondary N) is 2. The second kappa shape index (κ2) is 5.46. The number of pyridine rings is 1. The minimum atomic E-state index is -0.274. The molecule has 6 nitrogen and oxygen atoms in total. The average Bonchev–Trinajstić information content (AvgIpc) is 3.03. The Labute approximate surface area is 121 Å². The van der Waals surface area contributed by atoms with Crippen molar-refractivity contribution in [3.05, 3.63) is 60.6 Å². The highest BCUT2D eigenvalue weighted by Crippen LogP contribution is 2.19. The maximum atomic E-state index is 12.0. The lowest BCUT2D eigenvalue weighted by molar-refractivity contribution is 0.102. The lowest BCUT2D eigenvalue weighted by Gasteiger charge is -2.05. The van der Waals surface area contributed by atoms with Gasteiger partial charge in [-0.2, -0.15) is 5.10 Å². The highest BCUT2D eigenvalue weighted by Gasteiger charge is 2.07. The van der Waals surface area contributed by atoms with Gasteiger partial charge in [-0.15, -0.1) is 0 Å². The summed E-state index contributed by atoms with van der Waals surface area (Å²) in [7, 11) is 0. The van der Waals surface area contributed by atoms with Gasteiger partial charge in [0.15, 0.2) is 0 Å². The number of benzene rings is 1. The van der Waals surface area contributed by atoms with E-state index in [0.29, 0.717) is 17.1 Å². The molecule has 1 amide bonds. The molecule has 0 aliphatic rings. The Kier molecular flexibility index (Phi) is 3.34. The molecule has 0 bridgehead atoms. The first-order valence-corrected chi connectivity index (χ1v) is 6.35. The van der Waals surface area contributed by atoms with Crippen molar-refractivity contribution in [2.75, 3.05) is 11.1 Å². The lowest BCUT2D eigenvalue weighted by Crippen LogP contribution is -2.13. The summed E-state index contributed by atoms with van der Waals surface area (Å²) in [6.45, 7) is 0. The molecule has 104 valence electrons. The van der Waals surface area contributed by atoms with E-state index in [0.717, 1.165) is 11.3 Å². The Morgan fingerprint density at radius 2 is 1.90 bits per heavy atom. The van der Waals surface area contributed by atoms with Crippen LogP contribution in [0.1, 0.15) is 10.5 Å². The van der Waals surface area contributed by atoms with Gasteiger partial charge in [0.1, 0.15) is 5.69 Å². The molecular weight excluding hydrogens is 266 g/mol. The van der Waals surface area contributed by atoms with Crippen LogP contribution in [0.5, 0.6) is 0 Å². The molecule has 2 heterocycles. The third-order valence-electron chi connectivity index (χ3n) is 2.97. The maximum absolute atomic E-state index is 12.0. The van der Waals surface area contributed by atoms with Crippen LogP contribution in [0, 0.1) is 0 Å². The lowest BCUT2D eigenvalue weighted by atomic mass is 10.1. The van der Waals surface area contributed by atoms with Crippen LogP contribution in [0.25, 0.3) is 11.3 Å². The molecule has 0 saturated carbocycles. The van der Waals surface area contributed by atoms with Crippen molar-refractivity contribution in [1.29, 1.82) is 0 Å². The Hall–Kier alpha value is -3.15. The Balaban J connectivity index is 1.73. The van der Waals surface area contributed by atoms with Gasteiger partial charge in [-0.05, 0) is 35.9 Å². The van der Waals surface area contributed by atoms with E-state index in [1.54, 1.807) is 18.3 Å². The smallest absolute Gasteiger partial charge is 0.274 e. The fourth-order valence-corrected chi connectivity index (χ4v) is 1.88. The molecule has 0 spiro atoms. The topological polar surface area (TPSA) is 96.7 Å².